The lowest BCUT2D eigenvalue weighted by atomic mass is 9.83. The summed E-state index contributed by atoms with van der Waals surface area (Å²) in [5.74, 6) is 1.25. The van der Waals surface area contributed by atoms with Crippen LogP contribution in [0.1, 0.15) is 43.1 Å². The zero-order valence-electron chi connectivity index (χ0n) is 11.9. The molecule has 1 unspecified atom stereocenters. The summed E-state index contributed by atoms with van der Waals surface area (Å²) >= 11 is 5.89. The maximum absolute atomic E-state index is 12.7. The van der Waals surface area contributed by atoms with E-state index in [2.05, 4.69) is 26.8 Å². The van der Waals surface area contributed by atoms with Gasteiger partial charge in [-0.1, -0.05) is 39.0 Å². The molecule has 0 saturated carbocycles. The molecule has 1 aromatic rings. The first-order valence-electron chi connectivity index (χ1n) is 6.88. The molecule has 0 N–H and O–H groups in total. The minimum atomic E-state index is -0.0160. The quantitative estimate of drug-likeness (QED) is 0.756. The minimum Gasteiger partial charge on any atom is -0.338 e. The van der Waals surface area contributed by atoms with Crippen LogP contribution < -0.4 is 0 Å². The number of alkyl halides is 1. The first kappa shape index (κ1) is 14.4. The summed E-state index contributed by atoms with van der Waals surface area (Å²) in [7, 11) is 0. The second-order valence-corrected chi connectivity index (χ2v) is 6.66. The molecule has 19 heavy (non-hydrogen) atoms. The molecule has 1 atom stereocenters. The molecule has 2 rings (SSSR count). The summed E-state index contributed by atoms with van der Waals surface area (Å²) in [6.07, 6.45) is 1.02. The Bertz CT molecular complexity index is 464. The van der Waals surface area contributed by atoms with Crippen molar-refractivity contribution < 1.29 is 4.79 Å². The first-order valence-corrected chi connectivity index (χ1v) is 7.41. The van der Waals surface area contributed by atoms with Gasteiger partial charge in [-0.2, -0.15) is 0 Å². The molecular weight excluding hydrogens is 258 g/mol. The van der Waals surface area contributed by atoms with Crippen molar-refractivity contribution in [1.82, 2.24) is 4.90 Å². The van der Waals surface area contributed by atoms with E-state index in [9.17, 15) is 4.79 Å². The molecule has 1 aliphatic rings. The van der Waals surface area contributed by atoms with Crippen LogP contribution >= 0.6 is 11.6 Å². The Morgan fingerprint density at radius 2 is 2.05 bits per heavy atom. The zero-order valence-corrected chi connectivity index (χ0v) is 12.7. The summed E-state index contributed by atoms with van der Waals surface area (Å²) in [4.78, 5) is 14.6. The monoisotopic (exact) mass is 279 g/mol. The van der Waals surface area contributed by atoms with Crippen molar-refractivity contribution in [2.24, 2.45) is 5.92 Å². The molecule has 1 aromatic carbocycles. The van der Waals surface area contributed by atoms with E-state index < -0.39 is 0 Å². The number of carbonyl (C=O) groups excluding carboxylic acids is 1. The van der Waals surface area contributed by atoms with Crippen molar-refractivity contribution in [2.45, 2.75) is 32.6 Å². The number of amides is 1. The van der Waals surface area contributed by atoms with Crippen LogP contribution in [-0.4, -0.2) is 29.8 Å². The van der Waals surface area contributed by atoms with Crippen LogP contribution in [-0.2, 0) is 5.41 Å². The van der Waals surface area contributed by atoms with E-state index in [0.29, 0.717) is 11.8 Å². The van der Waals surface area contributed by atoms with Crippen LogP contribution in [0.4, 0.5) is 0 Å². The van der Waals surface area contributed by atoms with Gasteiger partial charge in [-0.15, -0.1) is 11.6 Å². The highest BCUT2D eigenvalue weighted by Gasteiger charge is 2.29. The fourth-order valence-corrected chi connectivity index (χ4v) is 2.89. The molecule has 0 bridgehead atoms. The Hall–Kier alpha value is -1.02. The highest BCUT2D eigenvalue weighted by Crippen LogP contribution is 2.28. The fraction of sp³-hybridized carbons (Fsp3) is 0.562. The Balaban J connectivity index is 2.25. The zero-order chi connectivity index (χ0) is 14.0. The Kier molecular flexibility index (Phi) is 4.19. The van der Waals surface area contributed by atoms with Crippen LogP contribution in [0, 0.1) is 5.92 Å². The lowest BCUT2D eigenvalue weighted by Gasteiger charge is -2.25. The predicted octanol–water partition coefficient (Wildman–Crippen LogP) is 3.69. The Morgan fingerprint density at radius 1 is 1.37 bits per heavy atom. The van der Waals surface area contributed by atoms with Gasteiger partial charge < -0.3 is 4.90 Å². The number of likely N-dealkylation sites (tertiary alicyclic amines) is 1. The van der Waals surface area contributed by atoms with Crippen molar-refractivity contribution in [3.05, 3.63) is 35.4 Å². The normalized spacial score (nSPS) is 19.8. The summed E-state index contributed by atoms with van der Waals surface area (Å²) in [6, 6.07) is 7.94. The van der Waals surface area contributed by atoms with E-state index in [1.807, 2.05) is 23.1 Å². The largest absolute Gasteiger partial charge is 0.338 e. The SMILES string of the molecule is CC(C)(C)c1ccccc1C(=O)N1CCC(CCl)C1. The maximum atomic E-state index is 12.7. The van der Waals surface area contributed by atoms with Crippen molar-refractivity contribution in [1.29, 1.82) is 0 Å². The summed E-state index contributed by atoms with van der Waals surface area (Å²) in [6.45, 7) is 8.05. The molecule has 0 spiro atoms. The number of nitrogens with zero attached hydrogens (tertiary/aromatic N) is 1. The third-order valence-corrected chi connectivity index (χ3v) is 4.19. The van der Waals surface area contributed by atoms with E-state index in [4.69, 9.17) is 11.6 Å². The van der Waals surface area contributed by atoms with Crippen LogP contribution in [0.25, 0.3) is 0 Å². The van der Waals surface area contributed by atoms with E-state index in [1.165, 1.54) is 0 Å². The molecule has 104 valence electrons. The van der Waals surface area contributed by atoms with Gasteiger partial charge in [-0.05, 0) is 29.4 Å². The second kappa shape index (κ2) is 5.54. The Morgan fingerprint density at radius 3 is 2.63 bits per heavy atom. The topological polar surface area (TPSA) is 20.3 Å². The highest BCUT2D eigenvalue weighted by molar-refractivity contribution is 6.18. The van der Waals surface area contributed by atoms with Gasteiger partial charge in [0.15, 0.2) is 0 Å². The summed E-state index contributed by atoms with van der Waals surface area (Å²) in [5, 5.41) is 0. The maximum Gasteiger partial charge on any atom is 0.254 e. The van der Waals surface area contributed by atoms with Gasteiger partial charge in [-0.3, -0.25) is 4.79 Å². The first-order chi connectivity index (χ1) is 8.93. The van der Waals surface area contributed by atoms with Gasteiger partial charge in [0.05, 0.1) is 0 Å². The molecule has 1 heterocycles. The van der Waals surface area contributed by atoms with Crippen molar-refractivity contribution in [3.63, 3.8) is 0 Å². The minimum absolute atomic E-state index is 0.0160. The molecule has 0 aromatic heterocycles. The van der Waals surface area contributed by atoms with Crippen molar-refractivity contribution in [3.8, 4) is 0 Å². The number of hydrogen-bond acceptors (Lipinski definition) is 1. The third-order valence-electron chi connectivity index (χ3n) is 3.76. The summed E-state index contributed by atoms with van der Waals surface area (Å²) < 4.78 is 0. The van der Waals surface area contributed by atoms with Gasteiger partial charge in [0, 0.05) is 24.5 Å². The van der Waals surface area contributed by atoms with Crippen LogP contribution in [0.3, 0.4) is 0 Å². The van der Waals surface area contributed by atoms with Gasteiger partial charge >= 0.3 is 0 Å². The number of hydrogen-bond donors (Lipinski definition) is 0. The smallest absolute Gasteiger partial charge is 0.254 e. The van der Waals surface area contributed by atoms with Crippen molar-refractivity contribution in [2.75, 3.05) is 19.0 Å². The molecule has 1 amide bonds. The predicted molar refractivity (Wildman–Crippen MR) is 79.9 cm³/mol. The molecule has 1 fully saturated rings. The van der Waals surface area contributed by atoms with Gasteiger partial charge in [-0.25, -0.2) is 0 Å². The molecule has 2 nitrogen and oxygen atoms in total. The Labute approximate surface area is 120 Å². The van der Waals surface area contributed by atoms with Crippen molar-refractivity contribution >= 4 is 17.5 Å². The molecule has 1 aliphatic heterocycles. The molecule has 3 heteroatoms. The number of benzene rings is 1. The van der Waals surface area contributed by atoms with Gasteiger partial charge in [0.25, 0.3) is 5.91 Å². The van der Waals surface area contributed by atoms with Crippen LogP contribution in [0.2, 0.25) is 0 Å². The van der Waals surface area contributed by atoms with Crippen LogP contribution in [0.5, 0.6) is 0 Å². The number of halogens is 1. The highest BCUT2D eigenvalue weighted by atomic mass is 35.5. The van der Waals surface area contributed by atoms with E-state index in [0.717, 1.165) is 30.6 Å². The fourth-order valence-electron chi connectivity index (χ4n) is 2.64. The average Bonchev–Trinajstić information content (AvgIpc) is 2.85. The van der Waals surface area contributed by atoms with E-state index >= 15 is 0 Å². The molecule has 1 saturated heterocycles. The molecule has 0 aliphatic carbocycles. The molecule has 0 radical (unpaired) electrons. The third kappa shape index (κ3) is 3.11. The number of carbonyl (C=O) groups is 1. The lowest BCUT2D eigenvalue weighted by molar-refractivity contribution is 0.0786. The van der Waals surface area contributed by atoms with E-state index in [1.54, 1.807) is 0 Å². The van der Waals surface area contributed by atoms with E-state index in [-0.39, 0.29) is 11.3 Å². The standard InChI is InChI=1S/C16H22ClNO/c1-16(2,3)14-7-5-4-6-13(14)15(19)18-9-8-12(10-17)11-18/h4-7,12H,8-11H2,1-3H3. The number of rotatable bonds is 2. The average molecular weight is 280 g/mol. The van der Waals surface area contributed by atoms with Gasteiger partial charge in [0.1, 0.15) is 0 Å². The second-order valence-electron chi connectivity index (χ2n) is 6.36. The molecular formula is C16H22ClNO. The summed E-state index contributed by atoms with van der Waals surface area (Å²) in [5.41, 5.74) is 1.94. The van der Waals surface area contributed by atoms with Crippen LogP contribution in [0.15, 0.2) is 24.3 Å². The van der Waals surface area contributed by atoms with Gasteiger partial charge in [0.2, 0.25) is 0 Å². The lowest BCUT2D eigenvalue weighted by Crippen LogP contribution is -2.31.